The number of benzene rings is 3. The summed E-state index contributed by atoms with van der Waals surface area (Å²) in [6.07, 6.45) is -0.0519. The van der Waals surface area contributed by atoms with Crippen molar-refractivity contribution >= 4 is 0 Å². The molecule has 0 radical (unpaired) electrons. The van der Waals surface area contributed by atoms with Crippen molar-refractivity contribution in [3.05, 3.63) is 108 Å². The van der Waals surface area contributed by atoms with E-state index in [-0.39, 0.29) is 18.1 Å². The van der Waals surface area contributed by atoms with Gasteiger partial charge in [0.05, 0.1) is 38.6 Å². The fraction of sp³-hybridized carbons (Fsp3) is 0.333. The zero-order chi connectivity index (χ0) is 21.1. The lowest BCUT2D eigenvalue weighted by Crippen LogP contribution is -2.54. The lowest BCUT2D eigenvalue weighted by atomic mass is 9.94. The van der Waals surface area contributed by atoms with Crippen LogP contribution in [0.25, 0.3) is 0 Å². The van der Waals surface area contributed by atoms with Crippen LogP contribution in [0.4, 0.5) is 0 Å². The fourth-order valence-electron chi connectivity index (χ4n) is 3.94. The Morgan fingerprint density at radius 3 is 1.71 bits per heavy atom. The first-order valence-corrected chi connectivity index (χ1v) is 11.0. The highest BCUT2D eigenvalue weighted by atomic mass is 16.5. The molecule has 1 saturated heterocycles. The predicted octanol–water partition coefficient (Wildman–Crippen LogP) is 4.59. The maximum absolute atomic E-state index is 6.44. The molecule has 4 nitrogen and oxygen atoms in total. The third kappa shape index (κ3) is 6.74. The van der Waals surface area contributed by atoms with Gasteiger partial charge in [-0.3, -0.25) is 0 Å². The van der Waals surface area contributed by atoms with Crippen LogP contribution in [0, 0.1) is 5.92 Å². The second-order valence-corrected chi connectivity index (χ2v) is 8.02. The number of hydrogen-bond acceptors (Lipinski definition) is 4. The van der Waals surface area contributed by atoms with Gasteiger partial charge in [0.2, 0.25) is 0 Å². The van der Waals surface area contributed by atoms with Gasteiger partial charge >= 0.3 is 0 Å². The molecule has 0 saturated carbocycles. The lowest BCUT2D eigenvalue weighted by molar-refractivity contribution is -0.133. The molecule has 0 spiro atoms. The minimum absolute atomic E-state index is 0.0250. The minimum Gasteiger partial charge on any atom is -0.376 e. The fourth-order valence-corrected chi connectivity index (χ4v) is 3.94. The molecule has 1 N–H and O–H groups in total. The van der Waals surface area contributed by atoms with E-state index in [2.05, 4.69) is 41.7 Å². The van der Waals surface area contributed by atoms with E-state index in [1.807, 2.05) is 54.6 Å². The van der Waals surface area contributed by atoms with Gasteiger partial charge in [0.15, 0.2) is 0 Å². The molecule has 1 aliphatic rings. The standard InChI is InChI=1S/C27H31NO3/c1-4-10-22(11-5-1)18-29-21-25-16-28-17-26(30-19-23-12-6-2-7-13-23)27(25)31-20-24-14-8-3-9-15-24/h1-15,25-28H,16-21H2/t25-,26-,27+/m1/s1. The molecule has 4 rings (SSSR count). The van der Waals surface area contributed by atoms with E-state index in [0.717, 1.165) is 13.1 Å². The predicted molar refractivity (Wildman–Crippen MR) is 122 cm³/mol. The van der Waals surface area contributed by atoms with Gasteiger partial charge in [-0.05, 0) is 16.7 Å². The second-order valence-electron chi connectivity index (χ2n) is 8.02. The first kappa shape index (κ1) is 21.7. The maximum Gasteiger partial charge on any atom is 0.0969 e. The van der Waals surface area contributed by atoms with Crippen LogP contribution >= 0.6 is 0 Å². The molecule has 1 heterocycles. The van der Waals surface area contributed by atoms with Crippen LogP contribution in [-0.4, -0.2) is 31.9 Å². The average molecular weight is 418 g/mol. The number of hydrogen-bond donors (Lipinski definition) is 1. The zero-order valence-corrected chi connectivity index (χ0v) is 17.9. The van der Waals surface area contributed by atoms with Crippen LogP contribution in [0.3, 0.4) is 0 Å². The maximum atomic E-state index is 6.44. The van der Waals surface area contributed by atoms with Gasteiger partial charge in [0.1, 0.15) is 0 Å². The van der Waals surface area contributed by atoms with Gasteiger partial charge in [0, 0.05) is 19.0 Å². The Labute approximate surface area is 185 Å². The summed E-state index contributed by atoms with van der Waals surface area (Å²) in [4.78, 5) is 0. The van der Waals surface area contributed by atoms with Gasteiger partial charge in [-0.2, -0.15) is 0 Å². The topological polar surface area (TPSA) is 39.7 Å². The largest absolute Gasteiger partial charge is 0.376 e. The third-order valence-corrected chi connectivity index (χ3v) is 5.62. The van der Waals surface area contributed by atoms with E-state index in [0.29, 0.717) is 26.4 Å². The molecule has 31 heavy (non-hydrogen) atoms. The Hall–Kier alpha value is -2.50. The normalized spacial score (nSPS) is 21.1. The Bertz CT molecular complexity index is 873. The Balaban J connectivity index is 1.38. The van der Waals surface area contributed by atoms with Crippen molar-refractivity contribution in [1.29, 1.82) is 0 Å². The molecule has 162 valence electrons. The smallest absolute Gasteiger partial charge is 0.0969 e. The average Bonchev–Trinajstić information content (AvgIpc) is 2.84. The zero-order valence-electron chi connectivity index (χ0n) is 17.9. The van der Waals surface area contributed by atoms with Gasteiger partial charge in [-0.15, -0.1) is 0 Å². The molecule has 0 bridgehead atoms. The monoisotopic (exact) mass is 417 g/mol. The second kappa shape index (κ2) is 11.8. The lowest BCUT2D eigenvalue weighted by Gasteiger charge is -2.38. The molecule has 3 atom stereocenters. The van der Waals surface area contributed by atoms with Gasteiger partial charge in [0.25, 0.3) is 0 Å². The Morgan fingerprint density at radius 1 is 0.613 bits per heavy atom. The van der Waals surface area contributed by atoms with Crippen LogP contribution < -0.4 is 5.32 Å². The van der Waals surface area contributed by atoms with E-state index in [1.54, 1.807) is 0 Å². The molecule has 0 unspecified atom stereocenters. The minimum atomic E-state index is -0.0269. The molecule has 3 aromatic rings. The molecule has 0 aliphatic carbocycles. The quantitative estimate of drug-likeness (QED) is 0.524. The van der Waals surface area contributed by atoms with Crippen LogP contribution in [0.2, 0.25) is 0 Å². The van der Waals surface area contributed by atoms with Crippen LogP contribution in [-0.2, 0) is 34.0 Å². The Morgan fingerprint density at radius 2 is 1.13 bits per heavy atom. The Kier molecular flexibility index (Phi) is 8.25. The highest BCUT2D eigenvalue weighted by Crippen LogP contribution is 2.22. The summed E-state index contributed by atoms with van der Waals surface area (Å²) in [5.41, 5.74) is 3.53. The summed E-state index contributed by atoms with van der Waals surface area (Å²) in [5.74, 6) is 0.224. The van der Waals surface area contributed by atoms with E-state index in [9.17, 15) is 0 Å². The summed E-state index contributed by atoms with van der Waals surface area (Å²) in [5, 5.41) is 3.51. The number of ether oxygens (including phenoxy) is 3. The van der Waals surface area contributed by atoms with Gasteiger partial charge in [-0.25, -0.2) is 0 Å². The van der Waals surface area contributed by atoms with E-state index in [4.69, 9.17) is 14.2 Å². The summed E-state index contributed by atoms with van der Waals surface area (Å²) in [6.45, 7) is 4.04. The van der Waals surface area contributed by atoms with Crippen LogP contribution in [0.1, 0.15) is 16.7 Å². The van der Waals surface area contributed by atoms with Crippen molar-refractivity contribution in [3.8, 4) is 0 Å². The van der Waals surface area contributed by atoms with E-state index >= 15 is 0 Å². The first-order chi connectivity index (χ1) is 15.4. The third-order valence-electron chi connectivity index (χ3n) is 5.62. The van der Waals surface area contributed by atoms with Crippen molar-refractivity contribution in [2.45, 2.75) is 32.0 Å². The van der Waals surface area contributed by atoms with E-state index < -0.39 is 0 Å². The first-order valence-electron chi connectivity index (χ1n) is 11.0. The van der Waals surface area contributed by atoms with E-state index in [1.165, 1.54) is 16.7 Å². The summed E-state index contributed by atoms with van der Waals surface area (Å²) in [6, 6.07) is 30.9. The molecule has 0 aromatic heterocycles. The molecule has 4 heteroatoms. The van der Waals surface area contributed by atoms with Gasteiger partial charge < -0.3 is 19.5 Å². The highest BCUT2D eigenvalue weighted by Gasteiger charge is 2.35. The van der Waals surface area contributed by atoms with Gasteiger partial charge in [-0.1, -0.05) is 91.0 Å². The molecule has 3 aromatic carbocycles. The molecular formula is C27H31NO3. The molecule has 1 fully saturated rings. The SMILES string of the molecule is c1ccc(COC[C@H]2CNC[C@@H](OCc3ccccc3)[C@H]2OCc2ccccc2)cc1. The molecular weight excluding hydrogens is 386 g/mol. The van der Waals surface area contributed by atoms with Crippen molar-refractivity contribution in [1.82, 2.24) is 5.32 Å². The van der Waals surface area contributed by atoms with Crippen molar-refractivity contribution in [2.75, 3.05) is 19.7 Å². The molecule has 0 amide bonds. The van der Waals surface area contributed by atoms with Crippen LogP contribution in [0.15, 0.2) is 91.0 Å². The van der Waals surface area contributed by atoms with Crippen molar-refractivity contribution in [3.63, 3.8) is 0 Å². The molecule has 1 aliphatic heterocycles. The highest BCUT2D eigenvalue weighted by molar-refractivity contribution is 5.15. The van der Waals surface area contributed by atoms with Crippen molar-refractivity contribution in [2.24, 2.45) is 5.92 Å². The summed E-state index contributed by atoms with van der Waals surface area (Å²) in [7, 11) is 0. The number of piperidine rings is 1. The summed E-state index contributed by atoms with van der Waals surface area (Å²) >= 11 is 0. The number of rotatable bonds is 10. The van der Waals surface area contributed by atoms with Crippen LogP contribution in [0.5, 0.6) is 0 Å². The van der Waals surface area contributed by atoms with Crippen molar-refractivity contribution < 1.29 is 14.2 Å². The summed E-state index contributed by atoms with van der Waals surface area (Å²) < 4.78 is 18.8. The number of nitrogens with one attached hydrogen (secondary N) is 1.